The zero-order valence-electron chi connectivity index (χ0n) is 16.8. The average molecular weight is 374 g/mol. The van der Waals surface area contributed by atoms with Crippen LogP contribution in [0.15, 0.2) is 27.3 Å². The van der Waals surface area contributed by atoms with Gasteiger partial charge in [0.05, 0.1) is 24.5 Å². The molecule has 0 unspecified atom stereocenters. The van der Waals surface area contributed by atoms with Gasteiger partial charge in [0.25, 0.3) is 0 Å². The zero-order valence-corrected chi connectivity index (χ0v) is 16.8. The molecule has 1 aromatic carbocycles. The second-order valence-electron chi connectivity index (χ2n) is 7.13. The Morgan fingerprint density at radius 3 is 2.48 bits per heavy atom. The molecule has 7 heteroatoms. The van der Waals surface area contributed by atoms with Crippen LogP contribution in [0.3, 0.4) is 0 Å². The number of phenols is 1. The molecule has 0 saturated carbocycles. The summed E-state index contributed by atoms with van der Waals surface area (Å²) in [5.74, 6) is 0.311. The molecule has 1 heterocycles. The number of likely N-dealkylation sites (N-methyl/N-ethyl adjacent to an activating group) is 1. The van der Waals surface area contributed by atoms with Crippen LogP contribution in [0.5, 0.6) is 5.75 Å². The lowest BCUT2D eigenvalue weighted by Gasteiger charge is -2.32. The van der Waals surface area contributed by atoms with Crippen molar-refractivity contribution >= 4 is 17.6 Å². The van der Waals surface area contributed by atoms with Gasteiger partial charge >= 0.3 is 0 Å². The van der Waals surface area contributed by atoms with Gasteiger partial charge in [-0.25, -0.2) is 0 Å². The van der Waals surface area contributed by atoms with Crippen molar-refractivity contribution in [1.29, 1.82) is 0 Å². The number of hydrogen-bond donors (Lipinski definition) is 2. The number of aryl methyl sites for hydroxylation is 1. The zero-order chi connectivity index (χ0) is 19.8. The largest absolute Gasteiger partial charge is 0.507 e. The summed E-state index contributed by atoms with van der Waals surface area (Å²) in [7, 11) is 2.14. The Balaban J connectivity index is 1.99. The van der Waals surface area contributed by atoms with Crippen LogP contribution in [0.1, 0.15) is 30.5 Å². The number of aromatic hydroxyl groups is 1. The third kappa shape index (κ3) is 6.45. The minimum Gasteiger partial charge on any atom is -0.507 e. The van der Waals surface area contributed by atoms with E-state index in [1.54, 1.807) is 20.1 Å². The predicted molar refractivity (Wildman–Crippen MR) is 111 cm³/mol. The summed E-state index contributed by atoms with van der Waals surface area (Å²) >= 11 is 0. The van der Waals surface area contributed by atoms with Gasteiger partial charge in [-0.1, -0.05) is 11.2 Å². The topological polar surface area (TPSA) is 84.0 Å². The highest BCUT2D eigenvalue weighted by molar-refractivity contribution is 6.40. The number of nitrogens with zero attached hydrogens (tertiary/aromatic N) is 5. The Morgan fingerprint density at radius 1 is 1.11 bits per heavy atom. The molecule has 0 aromatic heterocycles. The highest BCUT2D eigenvalue weighted by Crippen LogP contribution is 2.25. The molecule has 148 valence electrons. The molecule has 7 nitrogen and oxygen atoms in total. The van der Waals surface area contributed by atoms with Crippen LogP contribution in [-0.4, -0.2) is 84.1 Å². The Hall–Kier alpha value is -2.25. The van der Waals surface area contributed by atoms with Crippen molar-refractivity contribution in [3.05, 3.63) is 28.8 Å². The number of oxime groups is 1. The molecule has 0 aliphatic carbocycles. The fourth-order valence-corrected chi connectivity index (χ4v) is 2.97. The summed E-state index contributed by atoms with van der Waals surface area (Å²) in [6.45, 7) is 11.5. The Kier molecular flexibility index (Phi) is 7.94. The van der Waals surface area contributed by atoms with E-state index < -0.39 is 0 Å². The highest BCUT2D eigenvalue weighted by atomic mass is 16.4. The summed E-state index contributed by atoms with van der Waals surface area (Å²) in [4.78, 5) is 13.4. The van der Waals surface area contributed by atoms with Gasteiger partial charge in [0.1, 0.15) is 5.75 Å². The van der Waals surface area contributed by atoms with Gasteiger partial charge in [-0.2, -0.15) is 0 Å². The molecule has 0 radical (unpaired) electrons. The van der Waals surface area contributed by atoms with Crippen LogP contribution in [0.2, 0.25) is 0 Å². The van der Waals surface area contributed by atoms with E-state index in [4.69, 9.17) is 5.21 Å². The third-order valence-electron chi connectivity index (χ3n) is 4.83. The van der Waals surface area contributed by atoms with Crippen molar-refractivity contribution in [3.8, 4) is 5.75 Å². The molecule has 1 aliphatic rings. The van der Waals surface area contributed by atoms with E-state index in [9.17, 15) is 5.11 Å². The molecular weight excluding hydrogens is 342 g/mol. The van der Waals surface area contributed by atoms with Crippen LogP contribution >= 0.6 is 0 Å². The normalized spacial score (nSPS) is 17.8. The summed E-state index contributed by atoms with van der Waals surface area (Å²) in [5.41, 5.74) is 4.00. The number of benzene rings is 1. The first kappa shape index (κ1) is 21.1. The summed E-state index contributed by atoms with van der Waals surface area (Å²) in [6.07, 6.45) is 1.72. The first-order valence-electron chi connectivity index (χ1n) is 9.34. The lowest BCUT2D eigenvalue weighted by atomic mass is 10.0. The second-order valence-corrected chi connectivity index (χ2v) is 7.13. The van der Waals surface area contributed by atoms with Gasteiger partial charge in [-0.05, 0) is 39.4 Å². The summed E-state index contributed by atoms with van der Waals surface area (Å²) < 4.78 is 0. The first-order valence-corrected chi connectivity index (χ1v) is 9.34. The van der Waals surface area contributed by atoms with Crippen molar-refractivity contribution in [2.75, 3.05) is 46.3 Å². The van der Waals surface area contributed by atoms with Gasteiger partial charge in [-0.3, -0.25) is 14.9 Å². The minimum atomic E-state index is 0.311. The fourth-order valence-electron chi connectivity index (χ4n) is 2.97. The van der Waals surface area contributed by atoms with Gasteiger partial charge in [-0.15, -0.1) is 0 Å². The highest BCUT2D eigenvalue weighted by Gasteiger charge is 2.16. The monoisotopic (exact) mass is 373 g/mol. The standard InChI is InChI=1S/C20H31N5O2/c1-15-11-18(13-21-5-6-22-16(2)17(3)23-27)20(26)19(12-15)14-25-9-7-24(4)8-10-25/h11-13,26-27H,5-10,14H2,1-4H3/b21-13?,22-16?,23-17+. The maximum Gasteiger partial charge on any atom is 0.128 e. The van der Waals surface area contributed by atoms with Crippen LogP contribution < -0.4 is 0 Å². The van der Waals surface area contributed by atoms with E-state index >= 15 is 0 Å². The van der Waals surface area contributed by atoms with Gasteiger partial charge in [0, 0.05) is 50.1 Å². The van der Waals surface area contributed by atoms with Gasteiger partial charge in [0.2, 0.25) is 0 Å². The smallest absolute Gasteiger partial charge is 0.128 e. The predicted octanol–water partition coefficient (Wildman–Crippen LogP) is 2.18. The summed E-state index contributed by atoms with van der Waals surface area (Å²) in [6, 6.07) is 4.00. The number of hydrogen-bond acceptors (Lipinski definition) is 7. The van der Waals surface area contributed by atoms with E-state index in [1.807, 2.05) is 13.0 Å². The molecule has 0 atom stereocenters. The third-order valence-corrected chi connectivity index (χ3v) is 4.83. The molecule has 1 aromatic rings. The van der Waals surface area contributed by atoms with Crippen molar-refractivity contribution < 1.29 is 10.3 Å². The molecule has 0 bridgehead atoms. The van der Waals surface area contributed by atoms with Crippen LogP contribution in [-0.2, 0) is 6.54 Å². The molecule has 2 N–H and O–H groups in total. The molecule has 1 aliphatic heterocycles. The molecule has 1 fully saturated rings. The van der Waals surface area contributed by atoms with Crippen molar-refractivity contribution in [3.63, 3.8) is 0 Å². The quantitative estimate of drug-likeness (QED) is 0.332. The maximum absolute atomic E-state index is 10.6. The first-order chi connectivity index (χ1) is 12.9. The average Bonchev–Trinajstić information content (AvgIpc) is 2.65. The maximum atomic E-state index is 10.6. The SMILES string of the molecule is CC(=NCCN=Cc1cc(C)cc(CN2CCN(C)CC2)c1O)/C(C)=N/O. The molecule has 2 rings (SSSR count). The lowest BCUT2D eigenvalue weighted by Crippen LogP contribution is -2.43. The van der Waals surface area contributed by atoms with Gasteiger partial charge in [0.15, 0.2) is 0 Å². The Bertz CT molecular complexity index is 719. The Morgan fingerprint density at radius 2 is 1.81 bits per heavy atom. The van der Waals surface area contributed by atoms with E-state index in [-0.39, 0.29) is 0 Å². The number of piperazine rings is 1. The van der Waals surface area contributed by atoms with Crippen LogP contribution in [0.4, 0.5) is 0 Å². The molecular formula is C20H31N5O2. The lowest BCUT2D eigenvalue weighted by molar-refractivity contribution is 0.147. The second kappa shape index (κ2) is 10.2. The molecule has 27 heavy (non-hydrogen) atoms. The van der Waals surface area contributed by atoms with Gasteiger partial charge < -0.3 is 15.2 Å². The molecule has 0 spiro atoms. The Labute approximate surface area is 161 Å². The number of rotatable bonds is 7. The van der Waals surface area contributed by atoms with E-state index in [0.29, 0.717) is 30.3 Å². The van der Waals surface area contributed by atoms with Crippen LogP contribution in [0.25, 0.3) is 0 Å². The molecule has 0 amide bonds. The minimum absolute atomic E-state index is 0.311. The number of phenolic OH excluding ortho intramolecular Hbond substituents is 1. The van der Waals surface area contributed by atoms with Crippen LogP contribution in [0, 0.1) is 6.92 Å². The molecule has 1 saturated heterocycles. The summed E-state index contributed by atoms with van der Waals surface area (Å²) in [5, 5.41) is 22.5. The van der Waals surface area contributed by atoms with E-state index in [0.717, 1.165) is 49.4 Å². The van der Waals surface area contributed by atoms with E-state index in [2.05, 4.69) is 38.1 Å². The van der Waals surface area contributed by atoms with Crippen molar-refractivity contribution in [1.82, 2.24) is 9.80 Å². The van der Waals surface area contributed by atoms with E-state index in [1.165, 1.54) is 0 Å². The fraction of sp³-hybridized carbons (Fsp3) is 0.550. The van der Waals surface area contributed by atoms with Crippen molar-refractivity contribution in [2.24, 2.45) is 15.1 Å². The van der Waals surface area contributed by atoms with Crippen molar-refractivity contribution in [2.45, 2.75) is 27.3 Å². The number of aliphatic imine (C=N–C) groups is 2.